The van der Waals surface area contributed by atoms with Gasteiger partial charge in [-0.1, -0.05) is 78.3 Å². The van der Waals surface area contributed by atoms with Crippen molar-refractivity contribution in [3.8, 4) is 5.75 Å². The van der Waals surface area contributed by atoms with Gasteiger partial charge in [-0.25, -0.2) is 0 Å². The van der Waals surface area contributed by atoms with E-state index in [1.54, 1.807) is 17.0 Å². The average Bonchev–Trinajstić information content (AvgIpc) is 2.89. The van der Waals surface area contributed by atoms with E-state index in [0.29, 0.717) is 23.7 Å². The molecule has 0 saturated carbocycles. The molecule has 1 N–H and O–H groups in total. The van der Waals surface area contributed by atoms with Crippen molar-refractivity contribution >= 4 is 28.3 Å². The van der Waals surface area contributed by atoms with Gasteiger partial charge in [0.2, 0.25) is 5.91 Å². The Morgan fingerprint density at radius 2 is 1.50 bits per heavy atom. The molecular weight excluding hydrogens is 513 g/mol. The van der Waals surface area contributed by atoms with Crippen molar-refractivity contribution in [2.24, 2.45) is 0 Å². The zero-order valence-corrected chi connectivity index (χ0v) is 21.6. The van der Waals surface area contributed by atoms with Crippen molar-refractivity contribution in [2.45, 2.75) is 38.8 Å². The van der Waals surface area contributed by atoms with Crippen LogP contribution in [0.2, 0.25) is 5.02 Å². The summed E-state index contributed by atoms with van der Waals surface area (Å²) in [4.78, 5) is 15.0. The Balaban J connectivity index is 1.42. The SMILES string of the molecule is C[C@@H](NCCC(=O)N(Cc1ccc(Cl)cc1)Cc1ccc(OC(F)(F)F)cc1)c1cccc2ccccc12. The summed E-state index contributed by atoms with van der Waals surface area (Å²) in [5, 5.41) is 6.38. The molecule has 0 spiro atoms. The fourth-order valence-electron chi connectivity index (χ4n) is 4.35. The number of fused-ring (bicyclic) bond motifs is 1. The Labute approximate surface area is 225 Å². The number of rotatable bonds is 10. The number of halogens is 4. The summed E-state index contributed by atoms with van der Waals surface area (Å²) >= 11 is 6.01. The van der Waals surface area contributed by atoms with Crippen molar-refractivity contribution in [3.05, 3.63) is 113 Å². The minimum atomic E-state index is -4.76. The molecule has 8 heteroatoms. The monoisotopic (exact) mass is 540 g/mol. The maximum absolute atomic E-state index is 13.3. The first-order valence-corrected chi connectivity index (χ1v) is 12.6. The standard InChI is InChI=1S/C30H28ClF3N2O2/c1-21(27-8-4-6-24-5-2-3-7-28(24)27)35-18-17-29(37)36(19-22-9-13-25(31)14-10-22)20-23-11-15-26(16-12-23)38-30(32,33)34/h2-16,21,35H,17-20H2,1H3/t21-/m1/s1. The van der Waals surface area contributed by atoms with Gasteiger partial charge in [0.15, 0.2) is 0 Å². The molecule has 0 saturated heterocycles. The third-order valence-electron chi connectivity index (χ3n) is 6.25. The minimum absolute atomic E-state index is 0.0415. The highest BCUT2D eigenvalue weighted by Gasteiger charge is 2.31. The van der Waals surface area contributed by atoms with E-state index in [1.807, 2.05) is 30.3 Å². The summed E-state index contributed by atoms with van der Waals surface area (Å²) < 4.78 is 41.4. The van der Waals surface area contributed by atoms with Crippen LogP contribution in [0.4, 0.5) is 13.2 Å². The topological polar surface area (TPSA) is 41.6 Å². The third-order valence-corrected chi connectivity index (χ3v) is 6.50. The number of benzene rings is 4. The molecule has 0 aliphatic carbocycles. The normalized spacial score (nSPS) is 12.3. The summed E-state index contributed by atoms with van der Waals surface area (Å²) in [7, 11) is 0. The number of carbonyl (C=O) groups excluding carboxylic acids is 1. The summed E-state index contributed by atoms with van der Waals surface area (Å²) in [6.45, 7) is 3.13. The molecule has 4 rings (SSSR count). The van der Waals surface area contributed by atoms with Crippen LogP contribution < -0.4 is 10.1 Å². The Morgan fingerprint density at radius 1 is 0.895 bits per heavy atom. The lowest BCUT2D eigenvalue weighted by Crippen LogP contribution is -2.33. The fourth-order valence-corrected chi connectivity index (χ4v) is 4.48. The predicted molar refractivity (Wildman–Crippen MR) is 144 cm³/mol. The van der Waals surface area contributed by atoms with Gasteiger partial charge in [-0.05, 0) is 58.7 Å². The van der Waals surface area contributed by atoms with Crippen LogP contribution in [0.3, 0.4) is 0 Å². The molecule has 0 aromatic heterocycles. The molecule has 0 aliphatic rings. The second kappa shape index (κ2) is 12.3. The highest BCUT2D eigenvalue weighted by molar-refractivity contribution is 6.30. The number of amides is 1. The van der Waals surface area contributed by atoms with E-state index < -0.39 is 6.36 Å². The molecule has 4 nitrogen and oxygen atoms in total. The van der Waals surface area contributed by atoms with Gasteiger partial charge in [-0.2, -0.15) is 0 Å². The highest BCUT2D eigenvalue weighted by Crippen LogP contribution is 2.25. The minimum Gasteiger partial charge on any atom is -0.406 e. The largest absolute Gasteiger partial charge is 0.573 e. The first-order chi connectivity index (χ1) is 18.2. The molecule has 0 bridgehead atoms. The second-order valence-electron chi connectivity index (χ2n) is 9.06. The molecule has 4 aromatic carbocycles. The quantitative estimate of drug-likeness (QED) is 0.224. The van der Waals surface area contributed by atoms with Gasteiger partial charge in [-0.15, -0.1) is 13.2 Å². The maximum atomic E-state index is 13.3. The molecule has 0 heterocycles. The zero-order valence-electron chi connectivity index (χ0n) is 20.8. The van der Waals surface area contributed by atoms with Crippen molar-refractivity contribution in [1.82, 2.24) is 10.2 Å². The van der Waals surface area contributed by atoms with Crippen LogP contribution in [0, 0.1) is 0 Å². The summed E-state index contributed by atoms with van der Waals surface area (Å²) in [6.07, 6.45) is -4.49. The van der Waals surface area contributed by atoms with Gasteiger partial charge in [-0.3, -0.25) is 4.79 Å². The van der Waals surface area contributed by atoms with Gasteiger partial charge in [0, 0.05) is 37.1 Å². The van der Waals surface area contributed by atoms with Gasteiger partial charge in [0.1, 0.15) is 5.75 Å². The molecule has 38 heavy (non-hydrogen) atoms. The number of hydrogen-bond donors (Lipinski definition) is 1. The van der Waals surface area contributed by atoms with Gasteiger partial charge in [0.05, 0.1) is 0 Å². The first-order valence-electron chi connectivity index (χ1n) is 12.3. The molecule has 0 radical (unpaired) electrons. The van der Waals surface area contributed by atoms with Crippen LogP contribution in [-0.2, 0) is 17.9 Å². The fraction of sp³-hybridized carbons (Fsp3) is 0.233. The highest BCUT2D eigenvalue weighted by atomic mass is 35.5. The number of nitrogens with one attached hydrogen (secondary N) is 1. The van der Waals surface area contributed by atoms with E-state index in [-0.39, 0.29) is 30.7 Å². The van der Waals surface area contributed by atoms with E-state index in [2.05, 4.69) is 41.2 Å². The number of nitrogens with zero attached hydrogens (tertiary/aromatic N) is 1. The summed E-state index contributed by atoms with van der Waals surface area (Å²) in [6, 6.07) is 27.2. The van der Waals surface area contributed by atoms with E-state index >= 15 is 0 Å². The van der Waals surface area contributed by atoms with Crippen LogP contribution in [-0.4, -0.2) is 23.7 Å². The van der Waals surface area contributed by atoms with Gasteiger partial charge in [0.25, 0.3) is 0 Å². The summed E-state index contributed by atoms with van der Waals surface area (Å²) in [5.41, 5.74) is 2.76. The Morgan fingerprint density at radius 3 is 2.16 bits per heavy atom. The zero-order chi connectivity index (χ0) is 27.1. The van der Waals surface area contributed by atoms with Crippen molar-refractivity contribution in [3.63, 3.8) is 0 Å². The Kier molecular flexibility index (Phi) is 8.92. The van der Waals surface area contributed by atoms with Crippen molar-refractivity contribution in [2.75, 3.05) is 6.54 Å². The molecule has 0 aliphatic heterocycles. The first kappa shape index (κ1) is 27.5. The number of hydrogen-bond acceptors (Lipinski definition) is 3. The molecule has 1 atom stereocenters. The van der Waals surface area contributed by atoms with Crippen LogP contribution >= 0.6 is 11.6 Å². The number of alkyl halides is 3. The van der Waals surface area contributed by atoms with Crippen molar-refractivity contribution < 1.29 is 22.7 Å². The van der Waals surface area contributed by atoms with Crippen LogP contribution in [0.5, 0.6) is 5.75 Å². The molecule has 0 unspecified atom stereocenters. The Bertz CT molecular complexity index is 1350. The molecule has 0 fully saturated rings. The molecule has 4 aromatic rings. The molecule has 1 amide bonds. The van der Waals surface area contributed by atoms with Crippen LogP contribution in [0.1, 0.15) is 36.1 Å². The van der Waals surface area contributed by atoms with E-state index in [4.69, 9.17) is 11.6 Å². The summed E-state index contributed by atoms with van der Waals surface area (Å²) in [5.74, 6) is -0.378. The predicted octanol–water partition coefficient (Wildman–Crippen LogP) is 7.66. The second-order valence-corrected chi connectivity index (χ2v) is 9.50. The number of ether oxygens (including phenoxy) is 1. The molecule has 198 valence electrons. The lowest BCUT2D eigenvalue weighted by molar-refractivity contribution is -0.274. The average molecular weight is 541 g/mol. The van der Waals surface area contributed by atoms with Crippen molar-refractivity contribution in [1.29, 1.82) is 0 Å². The van der Waals surface area contributed by atoms with E-state index in [1.165, 1.54) is 29.7 Å². The van der Waals surface area contributed by atoms with E-state index in [0.717, 1.165) is 16.5 Å². The Hall–Kier alpha value is -3.55. The lowest BCUT2D eigenvalue weighted by Gasteiger charge is -2.24. The van der Waals surface area contributed by atoms with Gasteiger partial charge >= 0.3 is 6.36 Å². The third kappa shape index (κ3) is 7.73. The van der Waals surface area contributed by atoms with Gasteiger partial charge < -0.3 is 15.0 Å². The van der Waals surface area contributed by atoms with E-state index in [9.17, 15) is 18.0 Å². The smallest absolute Gasteiger partial charge is 0.406 e. The van der Waals surface area contributed by atoms with Crippen LogP contribution in [0.25, 0.3) is 10.8 Å². The maximum Gasteiger partial charge on any atom is 0.573 e. The molecular formula is C30H28ClF3N2O2. The van der Waals surface area contributed by atoms with Crippen LogP contribution in [0.15, 0.2) is 91.0 Å². The number of carbonyl (C=O) groups is 1. The lowest BCUT2D eigenvalue weighted by atomic mass is 9.99.